The van der Waals surface area contributed by atoms with Crippen LogP contribution < -0.4 is 5.32 Å². The van der Waals surface area contributed by atoms with Crippen LogP contribution in [0.4, 0.5) is 11.6 Å². The van der Waals surface area contributed by atoms with Gasteiger partial charge in [0.25, 0.3) is 5.91 Å². The Bertz CT molecular complexity index is 710. The number of unbranched alkanes of at least 4 members (excludes halogenated alkanes) is 1. The summed E-state index contributed by atoms with van der Waals surface area (Å²) in [7, 11) is 1.79. The Balaban J connectivity index is 2.21. The van der Waals surface area contributed by atoms with Crippen molar-refractivity contribution < 1.29 is 4.79 Å². The quantitative estimate of drug-likeness (QED) is 0.844. The van der Waals surface area contributed by atoms with Gasteiger partial charge in [0.2, 0.25) is 5.95 Å². The summed E-state index contributed by atoms with van der Waals surface area (Å²) in [6.45, 7) is 6.77. The molecule has 128 valence electrons. The molecule has 6 heteroatoms. The van der Waals surface area contributed by atoms with Gasteiger partial charge in [0, 0.05) is 19.8 Å². The maximum absolute atomic E-state index is 12.4. The third kappa shape index (κ3) is 4.45. The van der Waals surface area contributed by atoms with E-state index in [1.807, 2.05) is 26.0 Å². The zero-order valence-corrected chi connectivity index (χ0v) is 15.3. The van der Waals surface area contributed by atoms with E-state index in [1.54, 1.807) is 24.2 Å². The first-order valence-corrected chi connectivity index (χ1v) is 8.42. The normalized spacial score (nSPS) is 10.5. The van der Waals surface area contributed by atoms with Crippen LogP contribution in [0, 0.1) is 13.8 Å². The lowest BCUT2D eigenvalue weighted by molar-refractivity contribution is 0.0787. The molecule has 1 aromatic heterocycles. The minimum Gasteiger partial charge on any atom is -0.340 e. The Morgan fingerprint density at radius 1 is 1.33 bits per heavy atom. The van der Waals surface area contributed by atoms with E-state index in [0.717, 1.165) is 29.7 Å². The Morgan fingerprint density at radius 3 is 2.75 bits per heavy atom. The zero-order chi connectivity index (χ0) is 17.7. The molecule has 0 aliphatic carbocycles. The van der Waals surface area contributed by atoms with E-state index in [4.69, 9.17) is 11.6 Å². The van der Waals surface area contributed by atoms with Crippen LogP contribution in [-0.2, 0) is 0 Å². The minimum absolute atomic E-state index is 0.111. The summed E-state index contributed by atoms with van der Waals surface area (Å²) in [4.78, 5) is 22.6. The summed E-state index contributed by atoms with van der Waals surface area (Å²) in [5.41, 5.74) is 3.21. The van der Waals surface area contributed by atoms with Crippen LogP contribution in [0.1, 0.15) is 41.4 Å². The maximum atomic E-state index is 12.4. The molecule has 2 rings (SSSR count). The highest BCUT2D eigenvalue weighted by Crippen LogP contribution is 2.29. The van der Waals surface area contributed by atoms with E-state index in [9.17, 15) is 4.79 Å². The number of rotatable bonds is 6. The summed E-state index contributed by atoms with van der Waals surface area (Å²) in [5, 5.41) is 3.72. The third-order valence-electron chi connectivity index (χ3n) is 3.74. The summed E-state index contributed by atoms with van der Waals surface area (Å²) in [5.74, 6) is 0.249. The molecule has 24 heavy (non-hydrogen) atoms. The van der Waals surface area contributed by atoms with E-state index in [2.05, 4.69) is 22.2 Å². The molecule has 0 spiro atoms. The van der Waals surface area contributed by atoms with Crippen molar-refractivity contribution in [1.29, 1.82) is 0 Å². The van der Waals surface area contributed by atoms with Crippen LogP contribution >= 0.6 is 11.6 Å². The SMILES string of the molecule is CCCCN(C)C(=O)c1ccnc(Nc2c(C)cc(C)cc2Cl)n1. The van der Waals surface area contributed by atoms with Gasteiger partial charge in [0.1, 0.15) is 5.69 Å². The van der Waals surface area contributed by atoms with Crippen molar-refractivity contribution in [3.8, 4) is 0 Å². The molecule has 0 unspecified atom stereocenters. The van der Waals surface area contributed by atoms with E-state index in [-0.39, 0.29) is 5.91 Å². The number of hydrogen-bond donors (Lipinski definition) is 1. The molecule has 0 saturated carbocycles. The first-order valence-electron chi connectivity index (χ1n) is 8.04. The van der Waals surface area contributed by atoms with Gasteiger partial charge in [-0.25, -0.2) is 9.97 Å². The zero-order valence-electron chi connectivity index (χ0n) is 14.6. The van der Waals surface area contributed by atoms with Crippen LogP contribution in [0.2, 0.25) is 5.02 Å². The van der Waals surface area contributed by atoms with Crippen molar-refractivity contribution >= 4 is 29.1 Å². The first-order chi connectivity index (χ1) is 11.4. The smallest absolute Gasteiger partial charge is 0.272 e. The molecule has 0 aliphatic rings. The van der Waals surface area contributed by atoms with Crippen LogP contribution in [0.25, 0.3) is 0 Å². The lowest BCUT2D eigenvalue weighted by Gasteiger charge is -2.16. The summed E-state index contributed by atoms with van der Waals surface area (Å²) in [6, 6.07) is 5.53. The van der Waals surface area contributed by atoms with Crippen LogP contribution in [0.3, 0.4) is 0 Å². The Hall–Kier alpha value is -2.14. The number of benzene rings is 1. The molecular formula is C18H23ClN4O. The fraction of sp³-hybridized carbons (Fsp3) is 0.389. The van der Waals surface area contributed by atoms with Gasteiger partial charge < -0.3 is 10.2 Å². The number of hydrogen-bond acceptors (Lipinski definition) is 4. The van der Waals surface area contributed by atoms with Crippen molar-refractivity contribution in [3.05, 3.63) is 46.2 Å². The molecule has 0 radical (unpaired) electrons. The number of halogens is 1. The van der Waals surface area contributed by atoms with E-state index < -0.39 is 0 Å². The molecule has 1 heterocycles. The molecule has 0 atom stereocenters. The van der Waals surface area contributed by atoms with E-state index >= 15 is 0 Å². The van der Waals surface area contributed by atoms with Gasteiger partial charge in [0.15, 0.2) is 0 Å². The standard InChI is InChI=1S/C18H23ClN4O/c1-5-6-9-23(4)17(24)15-7-8-20-18(21-15)22-16-13(3)10-12(2)11-14(16)19/h7-8,10-11H,5-6,9H2,1-4H3,(H,20,21,22). The third-order valence-corrected chi connectivity index (χ3v) is 4.04. The lowest BCUT2D eigenvalue weighted by atomic mass is 10.1. The van der Waals surface area contributed by atoms with Gasteiger partial charge in [-0.15, -0.1) is 0 Å². The van der Waals surface area contributed by atoms with E-state index in [1.165, 1.54) is 0 Å². The van der Waals surface area contributed by atoms with Crippen LogP contribution in [0.15, 0.2) is 24.4 Å². The molecule has 1 N–H and O–H groups in total. The molecule has 1 amide bonds. The van der Waals surface area contributed by atoms with Crippen molar-refractivity contribution in [1.82, 2.24) is 14.9 Å². The number of nitrogens with zero attached hydrogens (tertiary/aromatic N) is 3. The van der Waals surface area contributed by atoms with Gasteiger partial charge in [0.05, 0.1) is 10.7 Å². The average molecular weight is 347 g/mol. The first kappa shape index (κ1) is 18.2. The highest BCUT2D eigenvalue weighted by Gasteiger charge is 2.14. The fourth-order valence-electron chi connectivity index (χ4n) is 2.42. The summed E-state index contributed by atoms with van der Waals surface area (Å²) >= 11 is 6.30. The van der Waals surface area contributed by atoms with Gasteiger partial charge in [-0.2, -0.15) is 0 Å². The van der Waals surface area contributed by atoms with Crippen molar-refractivity contribution in [2.45, 2.75) is 33.6 Å². The van der Waals surface area contributed by atoms with Gasteiger partial charge in [-0.3, -0.25) is 4.79 Å². The number of carbonyl (C=O) groups is 1. The van der Waals surface area contributed by atoms with Crippen molar-refractivity contribution in [2.75, 3.05) is 18.9 Å². The highest BCUT2D eigenvalue weighted by molar-refractivity contribution is 6.33. The van der Waals surface area contributed by atoms with Crippen LogP contribution in [-0.4, -0.2) is 34.4 Å². The summed E-state index contributed by atoms with van der Waals surface area (Å²) in [6.07, 6.45) is 3.59. The number of anilines is 2. The molecule has 0 aliphatic heterocycles. The van der Waals surface area contributed by atoms with Crippen molar-refractivity contribution in [2.24, 2.45) is 0 Å². The second-order valence-electron chi connectivity index (χ2n) is 5.91. The topological polar surface area (TPSA) is 58.1 Å². The van der Waals surface area contributed by atoms with Gasteiger partial charge >= 0.3 is 0 Å². The Kier molecular flexibility index (Phi) is 6.15. The van der Waals surface area contributed by atoms with E-state index in [0.29, 0.717) is 23.2 Å². The number of carbonyl (C=O) groups excluding carboxylic acids is 1. The number of aromatic nitrogens is 2. The average Bonchev–Trinajstić information content (AvgIpc) is 2.55. The molecule has 0 fully saturated rings. The number of nitrogens with one attached hydrogen (secondary N) is 1. The predicted molar refractivity (Wildman–Crippen MR) is 98.1 cm³/mol. The minimum atomic E-state index is -0.111. The van der Waals surface area contributed by atoms with Gasteiger partial charge in [-0.05, 0) is 43.5 Å². The highest BCUT2D eigenvalue weighted by atomic mass is 35.5. The maximum Gasteiger partial charge on any atom is 0.272 e. The molecule has 0 bridgehead atoms. The van der Waals surface area contributed by atoms with Gasteiger partial charge in [-0.1, -0.05) is 31.0 Å². The molecule has 2 aromatic rings. The fourth-order valence-corrected chi connectivity index (χ4v) is 2.78. The molecule has 1 aromatic carbocycles. The number of aryl methyl sites for hydroxylation is 2. The van der Waals surface area contributed by atoms with Crippen molar-refractivity contribution in [3.63, 3.8) is 0 Å². The molecule has 0 saturated heterocycles. The molecule has 5 nitrogen and oxygen atoms in total. The second-order valence-corrected chi connectivity index (χ2v) is 6.32. The lowest BCUT2D eigenvalue weighted by Crippen LogP contribution is -2.28. The largest absolute Gasteiger partial charge is 0.340 e. The Morgan fingerprint density at radius 2 is 2.08 bits per heavy atom. The Labute approximate surface area is 148 Å². The number of amides is 1. The summed E-state index contributed by atoms with van der Waals surface area (Å²) < 4.78 is 0. The monoisotopic (exact) mass is 346 g/mol. The van der Waals surface area contributed by atoms with Crippen LogP contribution in [0.5, 0.6) is 0 Å². The second kappa shape index (κ2) is 8.11. The predicted octanol–water partition coefficient (Wildman–Crippen LogP) is 4.36. The molecular weight excluding hydrogens is 324 g/mol.